The molecule has 0 radical (unpaired) electrons. The summed E-state index contributed by atoms with van der Waals surface area (Å²) in [5, 5.41) is 0. The van der Waals surface area contributed by atoms with Crippen LogP contribution in [0, 0.1) is 5.82 Å². The predicted octanol–water partition coefficient (Wildman–Crippen LogP) is 4.77. The molecule has 1 amide bonds. The number of para-hydroxylation sites is 1. The minimum atomic E-state index is -0.197. The molecule has 1 aliphatic rings. The van der Waals surface area contributed by atoms with Crippen molar-refractivity contribution >= 4 is 11.6 Å². The summed E-state index contributed by atoms with van der Waals surface area (Å²) in [6.07, 6.45) is 4.25. The maximum Gasteiger partial charge on any atom is 0.294 e. The van der Waals surface area contributed by atoms with E-state index in [1.54, 1.807) is 12.1 Å². The number of furan rings is 1. The maximum atomic E-state index is 13.1. The second kappa shape index (κ2) is 9.05. The number of hydrogen-bond acceptors (Lipinski definition) is 3. The quantitative estimate of drug-likeness (QED) is 0.606. The summed E-state index contributed by atoms with van der Waals surface area (Å²) in [5.74, 6) is 0.0790. The fraction of sp³-hybridized carbons (Fsp3) is 0.292. The van der Waals surface area contributed by atoms with Gasteiger partial charge in [-0.2, -0.15) is 0 Å². The summed E-state index contributed by atoms with van der Waals surface area (Å²) in [6, 6.07) is 20.1. The standard InChI is InChI=1S/C24H25FN2O2/c25-20-10-8-19(9-11-20)12-15-26-16-13-22(14-17-26)27(21-5-2-1-3-6-21)24(28)23-7-4-18-29-23/h1-11,18,22H,12-17H2. The highest BCUT2D eigenvalue weighted by Gasteiger charge is 2.30. The lowest BCUT2D eigenvalue weighted by Gasteiger charge is -2.38. The second-order valence-corrected chi connectivity index (χ2v) is 7.44. The van der Waals surface area contributed by atoms with Crippen LogP contribution in [0.2, 0.25) is 0 Å². The van der Waals surface area contributed by atoms with E-state index >= 15 is 0 Å². The normalized spacial score (nSPS) is 15.3. The van der Waals surface area contributed by atoms with Crippen LogP contribution in [0.25, 0.3) is 0 Å². The lowest BCUT2D eigenvalue weighted by atomic mass is 10.0. The summed E-state index contributed by atoms with van der Waals surface area (Å²) >= 11 is 0. The highest BCUT2D eigenvalue weighted by atomic mass is 19.1. The first-order chi connectivity index (χ1) is 14.2. The van der Waals surface area contributed by atoms with Crippen LogP contribution in [-0.4, -0.2) is 36.5 Å². The third kappa shape index (κ3) is 4.74. The van der Waals surface area contributed by atoms with E-state index in [1.807, 2.05) is 47.4 Å². The number of rotatable bonds is 6. The van der Waals surface area contributed by atoms with Gasteiger partial charge in [-0.1, -0.05) is 30.3 Å². The monoisotopic (exact) mass is 392 g/mol. The van der Waals surface area contributed by atoms with E-state index in [1.165, 1.54) is 18.4 Å². The Balaban J connectivity index is 1.40. The van der Waals surface area contributed by atoms with Gasteiger partial charge in [0.1, 0.15) is 5.82 Å². The smallest absolute Gasteiger partial charge is 0.294 e. The number of anilines is 1. The third-order valence-corrected chi connectivity index (χ3v) is 5.54. The van der Waals surface area contributed by atoms with Crippen LogP contribution in [0.15, 0.2) is 77.4 Å². The number of carbonyl (C=O) groups excluding carboxylic acids is 1. The number of carbonyl (C=O) groups is 1. The first-order valence-electron chi connectivity index (χ1n) is 10.1. The van der Waals surface area contributed by atoms with E-state index in [-0.39, 0.29) is 17.8 Å². The van der Waals surface area contributed by atoms with E-state index in [2.05, 4.69) is 4.90 Å². The van der Waals surface area contributed by atoms with Crippen molar-refractivity contribution in [2.24, 2.45) is 0 Å². The molecule has 3 aromatic rings. The molecule has 0 atom stereocenters. The molecule has 0 spiro atoms. The molecule has 29 heavy (non-hydrogen) atoms. The number of benzene rings is 2. The van der Waals surface area contributed by atoms with Gasteiger partial charge in [0.05, 0.1) is 6.26 Å². The van der Waals surface area contributed by atoms with Crippen LogP contribution in [0.3, 0.4) is 0 Å². The van der Waals surface area contributed by atoms with Crippen molar-refractivity contribution in [1.82, 2.24) is 4.90 Å². The summed E-state index contributed by atoms with van der Waals surface area (Å²) in [7, 11) is 0. The first kappa shape index (κ1) is 19.4. The lowest BCUT2D eigenvalue weighted by Crippen LogP contribution is -2.48. The molecular formula is C24H25FN2O2. The van der Waals surface area contributed by atoms with Crippen LogP contribution in [0.5, 0.6) is 0 Å². The molecule has 2 heterocycles. The average Bonchev–Trinajstić information content (AvgIpc) is 3.30. The fourth-order valence-corrected chi connectivity index (χ4v) is 3.94. The highest BCUT2D eigenvalue weighted by molar-refractivity contribution is 6.04. The molecule has 150 valence electrons. The van der Waals surface area contributed by atoms with Gasteiger partial charge in [-0.15, -0.1) is 0 Å². The van der Waals surface area contributed by atoms with E-state index in [4.69, 9.17) is 4.42 Å². The molecule has 1 fully saturated rings. The number of amides is 1. The largest absolute Gasteiger partial charge is 0.459 e. The summed E-state index contributed by atoms with van der Waals surface area (Å²) in [6.45, 7) is 2.80. The van der Waals surface area contributed by atoms with Gasteiger partial charge in [-0.3, -0.25) is 4.79 Å². The molecule has 0 saturated carbocycles. The Hall–Kier alpha value is -2.92. The number of halogens is 1. The van der Waals surface area contributed by atoms with Crippen molar-refractivity contribution in [3.05, 3.63) is 90.1 Å². The molecule has 4 rings (SSSR count). The average molecular weight is 392 g/mol. The van der Waals surface area contributed by atoms with Crippen molar-refractivity contribution in [2.75, 3.05) is 24.5 Å². The van der Waals surface area contributed by atoms with Crippen molar-refractivity contribution in [2.45, 2.75) is 25.3 Å². The Morgan fingerprint density at radius 3 is 2.38 bits per heavy atom. The topological polar surface area (TPSA) is 36.7 Å². The molecule has 0 unspecified atom stereocenters. The van der Waals surface area contributed by atoms with E-state index in [9.17, 15) is 9.18 Å². The zero-order valence-corrected chi connectivity index (χ0v) is 16.3. The number of hydrogen-bond donors (Lipinski definition) is 0. The van der Waals surface area contributed by atoms with Crippen molar-refractivity contribution in [1.29, 1.82) is 0 Å². The van der Waals surface area contributed by atoms with Gasteiger partial charge in [-0.25, -0.2) is 4.39 Å². The fourth-order valence-electron chi connectivity index (χ4n) is 3.94. The van der Waals surface area contributed by atoms with Gasteiger partial charge in [-0.05, 0) is 61.2 Å². The van der Waals surface area contributed by atoms with Crippen LogP contribution in [0.1, 0.15) is 29.0 Å². The molecule has 5 heteroatoms. The summed E-state index contributed by atoms with van der Waals surface area (Å²) < 4.78 is 18.4. The van der Waals surface area contributed by atoms with E-state index < -0.39 is 0 Å². The SMILES string of the molecule is O=C(c1ccco1)N(c1ccccc1)C1CCN(CCc2ccc(F)cc2)CC1. The zero-order chi connectivity index (χ0) is 20.1. The highest BCUT2D eigenvalue weighted by Crippen LogP contribution is 2.26. The minimum Gasteiger partial charge on any atom is -0.459 e. The van der Waals surface area contributed by atoms with Gasteiger partial charge in [0, 0.05) is 31.4 Å². The molecule has 0 bridgehead atoms. The molecule has 0 N–H and O–H groups in total. The third-order valence-electron chi connectivity index (χ3n) is 5.54. The van der Waals surface area contributed by atoms with Crippen LogP contribution in [-0.2, 0) is 6.42 Å². The Morgan fingerprint density at radius 1 is 1.00 bits per heavy atom. The van der Waals surface area contributed by atoms with Crippen molar-refractivity contribution in [3.63, 3.8) is 0 Å². The molecule has 4 nitrogen and oxygen atoms in total. The van der Waals surface area contributed by atoms with E-state index in [0.717, 1.165) is 50.1 Å². The molecule has 0 aliphatic carbocycles. The van der Waals surface area contributed by atoms with E-state index in [0.29, 0.717) is 5.76 Å². The number of nitrogens with zero attached hydrogens (tertiary/aromatic N) is 2. The predicted molar refractivity (Wildman–Crippen MR) is 112 cm³/mol. The Bertz CT molecular complexity index is 902. The molecule has 2 aromatic carbocycles. The van der Waals surface area contributed by atoms with Crippen LogP contribution < -0.4 is 4.90 Å². The van der Waals surface area contributed by atoms with Crippen molar-refractivity contribution < 1.29 is 13.6 Å². The lowest BCUT2D eigenvalue weighted by molar-refractivity contribution is 0.0933. The zero-order valence-electron chi connectivity index (χ0n) is 16.3. The Labute approximate surface area is 170 Å². The summed E-state index contributed by atoms with van der Waals surface area (Å²) in [4.78, 5) is 17.4. The van der Waals surface area contributed by atoms with Gasteiger partial charge in [0.2, 0.25) is 0 Å². The van der Waals surface area contributed by atoms with Crippen LogP contribution >= 0.6 is 0 Å². The second-order valence-electron chi connectivity index (χ2n) is 7.44. The van der Waals surface area contributed by atoms with Gasteiger partial charge in [0.25, 0.3) is 5.91 Å². The van der Waals surface area contributed by atoms with Gasteiger partial charge >= 0.3 is 0 Å². The number of piperidine rings is 1. The molecule has 1 saturated heterocycles. The van der Waals surface area contributed by atoms with Gasteiger partial charge < -0.3 is 14.2 Å². The minimum absolute atomic E-state index is 0.0917. The number of likely N-dealkylation sites (tertiary alicyclic amines) is 1. The first-order valence-corrected chi connectivity index (χ1v) is 10.1. The molecule has 1 aliphatic heterocycles. The van der Waals surface area contributed by atoms with Crippen molar-refractivity contribution in [3.8, 4) is 0 Å². The maximum absolute atomic E-state index is 13.1. The molecule has 1 aromatic heterocycles. The Kier molecular flexibility index (Phi) is 6.06. The molecular weight excluding hydrogens is 367 g/mol. The summed E-state index contributed by atoms with van der Waals surface area (Å²) in [5.41, 5.74) is 2.05. The van der Waals surface area contributed by atoms with Crippen LogP contribution in [0.4, 0.5) is 10.1 Å². The Morgan fingerprint density at radius 2 is 1.72 bits per heavy atom. The van der Waals surface area contributed by atoms with Gasteiger partial charge in [0.15, 0.2) is 5.76 Å².